The fourth-order valence-corrected chi connectivity index (χ4v) is 7.27. The molecule has 2 aromatic rings. The zero-order valence-corrected chi connectivity index (χ0v) is 21.7. The van der Waals surface area contributed by atoms with Crippen molar-refractivity contribution in [1.29, 1.82) is 0 Å². The average Bonchev–Trinajstić information content (AvgIpc) is 2.86. The monoisotopic (exact) mass is 540 g/mol. The van der Waals surface area contributed by atoms with Crippen molar-refractivity contribution < 1.29 is 14.3 Å². The summed E-state index contributed by atoms with van der Waals surface area (Å²) in [6.07, 6.45) is 7.16. The van der Waals surface area contributed by atoms with E-state index in [-0.39, 0.29) is 24.4 Å². The number of fused-ring (bicyclic) bond motifs is 2. The number of benzene rings is 2. The Morgan fingerprint density at radius 1 is 1.18 bits per heavy atom. The van der Waals surface area contributed by atoms with Crippen LogP contribution in [-0.4, -0.2) is 53.1 Å². The molecule has 0 radical (unpaired) electrons. The highest BCUT2D eigenvalue weighted by Crippen LogP contribution is 2.42. The number of methoxy groups -OCH3 is 1. The van der Waals surface area contributed by atoms with E-state index in [2.05, 4.69) is 34.1 Å². The Hall–Kier alpha value is -2.25. The van der Waals surface area contributed by atoms with Gasteiger partial charge in [0.15, 0.2) is 0 Å². The Morgan fingerprint density at radius 3 is 2.76 bits per heavy atom. The van der Waals surface area contributed by atoms with Gasteiger partial charge >= 0.3 is 0 Å². The van der Waals surface area contributed by atoms with Crippen LogP contribution in [-0.2, 0) is 22.6 Å². The van der Waals surface area contributed by atoms with Crippen molar-refractivity contribution in [3.63, 3.8) is 0 Å². The van der Waals surface area contributed by atoms with Crippen LogP contribution in [0, 0.1) is 0 Å². The van der Waals surface area contributed by atoms with Gasteiger partial charge < -0.3 is 14.5 Å². The van der Waals surface area contributed by atoms with E-state index in [1.807, 2.05) is 40.1 Å². The third-order valence-corrected chi connectivity index (χ3v) is 9.10. The summed E-state index contributed by atoms with van der Waals surface area (Å²) in [5.74, 6) is 0.781. The Bertz CT molecular complexity index is 1130. The molecule has 2 aromatic carbocycles. The van der Waals surface area contributed by atoms with Crippen LogP contribution in [0.2, 0.25) is 0 Å². The molecule has 3 aliphatic rings. The van der Waals surface area contributed by atoms with Crippen LogP contribution in [0.5, 0.6) is 5.75 Å². The van der Waals surface area contributed by atoms with E-state index in [4.69, 9.17) is 4.74 Å². The second-order valence-electron chi connectivity index (χ2n) is 9.18. The lowest BCUT2D eigenvalue weighted by atomic mass is 9.93. The van der Waals surface area contributed by atoms with Gasteiger partial charge in [-0.1, -0.05) is 43.2 Å². The Morgan fingerprint density at radius 2 is 1.97 bits per heavy atom. The number of thioether (sulfide) groups is 1. The molecule has 2 fully saturated rings. The maximum Gasteiger partial charge on any atom is 0.261 e. The summed E-state index contributed by atoms with van der Waals surface area (Å²) < 4.78 is 6.18. The third-order valence-electron chi connectivity index (χ3n) is 7.08. The Kier molecular flexibility index (Phi) is 7.02. The number of hydrogen-bond donors (Lipinski definition) is 0. The molecule has 0 aromatic heterocycles. The summed E-state index contributed by atoms with van der Waals surface area (Å²) in [5.41, 5.74) is 3.47. The molecule has 0 N–H and O–H groups in total. The summed E-state index contributed by atoms with van der Waals surface area (Å²) in [7, 11) is 1.64. The van der Waals surface area contributed by atoms with Gasteiger partial charge in [0.25, 0.3) is 5.91 Å². The number of amides is 2. The molecule has 0 spiro atoms. The van der Waals surface area contributed by atoms with Crippen molar-refractivity contribution in [2.24, 2.45) is 0 Å². The molecule has 178 valence electrons. The minimum atomic E-state index is -0.0224. The predicted octanol–water partition coefficient (Wildman–Crippen LogP) is 5.27. The van der Waals surface area contributed by atoms with Crippen molar-refractivity contribution in [2.45, 2.75) is 49.9 Å². The fourth-order valence-electron chi connectivity index (χ4n) is 5.24. The number of ether oxygens (including phenoxy) is 1. The van der Waals surface area contributed by atoms with Crippen LogP contribution in [0.15, 0.2) is 51.8 Å². The molecule has 2 unspecified atom stereocenters. The highest BCUT2D eigenvalue weighted by atomic mass is 79.9. The van der Waals surface area contributed by atoms with E-state index in [9.17, 15) is 9.59 Å². The molecule has 5 nitrogen and oxygen atoms in total. The van der Waals surface area contributed by atoms with Gasteiger partial charge in [-0.25, -0.2) is 0 Å². The standard InChI is InChI=1S/C27H29BrN2O3S/c1-33-23-11-10-18(14-21(23)28)15-25-27(32)30(22-8-4-5-9-24(22)34-25)17-26(31)29-13-12-19-6-2-3-7-20(19)16-29/h2-3,6-7,10-11,14-15,22,24H,4-5,8-9,12-13,16-17H2,1H3/b25-15-. The van der Waals surface area contributed by atoms with Crippen molar-refractivity contribution in [3.8, 4) is 5.75 Å². The van der Waals surface area contributed by atoms with Gasteiger partial charge in [0, 0.05) is 24.4 Å². The summed E-state index contributed by atoms with van der Waals surface area (Å²) in [6, 6.07) is 14.3. The summed E-state index contributed by atoms with van der Waals surface area (Å²) >= 11 is 5.23. The normalized spacial score (nSPS) is 23.5. The van der Waals surface area contributed by atoms with Crippen LogP contribution >= 0.6 is 27.7 Å². The molecule has 2 atom stereocenters. The number of rotatable bonds is 4. The lowest BCUT2D eigenvalue weighted by Crippen LogP contribution is -2.55. The molecule has 1 aliphatic carbocycles. The lowest BCUT2D eigenvalue weighted by molar-refractivity contribution is -0.141. The molecule has 1 saturated carbocycles. The van der Waals surface area contributed by atoms with Gasteiger partial charge in [0.2, 0.25) is 5.91 Å². The van der Waals surface area contributed by atoms with Gasteiger partial charge in [0.05, 0.1) is 16.5 Å². The maximum absolute atomic E-state index is 13.6. The maximum atomic E-state index is 13.6. The first kappa shape index (κ1) is 23.5. The third kappa shape index (κ3) is 4.78. The van der Waals surface area contributed by atoms with Gasteiger partial charge in [-0.2, -0.15) is 0 Å². The van der Waals surface area contributed by atoms with E-state index >= 15 is 0 Å². The highest BCUT2D eigenvalue weighted by Gasteiger charge is 2.41. The average molecular weight is 542 g/mol. The SMILES string of the molecule is COc1ccc(/C=C2\SC3CCCCC3N(CC(=O)N3CCc4ccccc4C3)C2=O)cc1Br. The smallest absolute Gasteiger partial charge is 0.261 e. The van der Waals surface area contributed by atoms with Crippen LogP contribution in [0.3, 0.4) is 0 Å². The molecule has 2 amide bonds. The highest BCUT2D eigenvalue weighted by molar-refractivity contribution is 9.10. The van der Waals surface area contributed by atoms with E-state index in [0.717, 1.165) is 46.4 Å². The Balaban J connectivity index is 1.37. The second-order valence-corrected chi connectivity index (χ2v) is 11.3. The minimum absolute atomic E-state index is 0.0224. The van der Waals surface area contributed by atoms with Crippen molar-refractivity contribution in [2.75, 3.05) is 20.2 Å². The first-order valence-electron chi connectivity index (χ1n) is 11.9. The summed E-state index contributed by atoms with van der Waals surface area (Å²) in [4.78, 5) is 31.5. The molecular weight excluding hydrogens is 512 g/mol. The number of halogens is 1. The van der Waals surface area contributed by atoms with E-state index < -0.39 is 0 Å². The van der Waals surface area contributed by atoms with Crippen molar-refractivity contribution in [1.82, 2.24) is 9.80 Å². The number of nitrogens with zero attached hydrogens (tertiary/aromatic N) is 2. The zero-order chi connectivity index (χ0) is 23.7. The second kappa shape index (κ2) is 10.2. The number of carbonyl (C=O) groups excluding carboxylic acids is 2. The predicted molar refractivity (Wildman–Crippen MR) is 140 cm³/mol. The van der Waals surface area contributed by atoms with Crippen LogP contribution < -0.4 is 4.74 Å². The quantitative estimate of drug-likeness (QED) is 0.495. The molecular formula is C27H29BrN2O3S. The zero-order valence-electron chi connectivity index (χ0n) is 19.3. The minimum Gasteiger partial charge on any atom is -0.496 e. The van der Waals surface area contributed by atoms with Crippen LogP contribution in [0.1, 0.15) is 42.4 Å². The van der Waals surface area contributed by atoms with Gasteiger partial charge in [-0.05, 0) is 70.1 Å². The van der Waals surface area contributed by atoms with Gasteiger partial charge in [-0.3, -0.25) is 9.59 Å². The van der Waals surface area contributed by atoms with Gasteiger partial charge in [0.1, 0.15) is 12.3 Å². The number of hydrogen-bond acceptors (Lipinski definition) is 4. The lowest BCUT2D eigenvalue weighted by Gasteiger charge is -2.44. The van der Waals surface area contributed by atoms with E-state index in [1.54, 1.807) is 18.9 Å². The first-order chi connectivity index (χ1) is 16.5. The molecule has 2 aliphatic heterocycles. The molecule has 5 rings (SSSR count). The Labute approximate surface area is 213 Å². The largest absolute Gasteiger partial charge is 0.496 e. The van der Waals surface area contributed by atoms with Crippen LogP contribution in [0.4, 0.5) is 0 Å². The molecule has 7 heteroatoms. The summed E-state index contributed by atoms with van der Waals surface area (Å²) in [6.45, 7) is 1.50. The van der Waals surface area contributed by atoms with E-state index in [0.29, 0.717) is 18.3 Å². The summed E-state index contributed by atoms with van der Waals surface area (Å²) in [5, 5.41) is 0.342. The molecule has 2 heterocycles. The van der Waals surface area contributed by atoms with Crippen molar-refractivity contribution in [3.05, 3.63) is 68.5 Å². The topological polar surface area (TPSA) is 49.9 Å². The fraction of sp³-hybridized carbons (Fsp3) is 0.407. The first-order valence-corrected chi connectivity index (χ1v) is 13.6. The van der Waals surface area contributed by atoms with Gasteiger partial charge in [-0.15, -0.1) is 11.8 Å². The van der Waals surface area contributed by atoms with E-state index in [1.165, 1.54) is 17.5 Å². The van der Waals surface area contributed by atoms with Crippen molar-refractivity contribution >= 4 is 45.6 Å². The number of carbonyl (C=O) groups is 2. The van der Waals surface area contributed by atoms with Crippen LogP contribution in [0.25, 0.3) is 6.08 Å². The molecule has 34 heavy (non-hydrogen) atoms. The molecule has 0 bridgehead atoms. The molecule has 1 saturated heterocycles.